The Morgan fingerprint density at radius 1 is 1.39 bits per heavy atom. The molecule has 98 valence electrons. The Morgan fingerprint density at radius 3 is 2.61 bits per heavy atom. The van der Waals surface area contributed by atoms with Crippen LogP contribution in [0, 0.1) is 19.8 Å². The van der Waals surface area contributed by atoms with E-state index < -0.39 is 0 Å². The highest BCUT2D eigenvalue weighted by Crippen LogP contribution is 2.40. The van der Waals surface area contributed by atoms with Crippen LogP contribution in [0.5, 0.6) is 0 Å². The Balaban J connectivity index is 2.50. The van der Waals surface area contributed by atoms with E-state index in [0.29, 0.717) is 13.0 Å². The Kier molecular flexibility index (Phi) is 3.20. The van der Waals surface area contributed by atoms with Crippen LogP contribution in [0.2, 0.25) is 0 Å². The van der Waals surface area contributed by atoms with Crippen molar-refractivity contribution < 1.29 is 4.79 Å². The van der Waals surface area contributed by atoms with Gasteiger partial charge in [0.15, 0.2) is 0 Å². The van der Waals surface area contributed by atoms with E-state index in [0.717, 1.165) is 5.69 Å². The molecular formula is C15H22N2O. The molecular weight excluding hydrogens is 224 g/mol. The summed E-state index contributed by atoms with van der Waals surface area (Å²) in [5, 5.41) is 0. The molecule has 1 fully saturated rings. The van der Waals surface area contributed by atoms with Crippen LogP contribution in [-0.4, -0.2) is 18.0 Å². The average molecular weight is 246 g/mol. The smallest absolute Gasteiger partial charge is 0.227 e. The van der Waals surface area contributed by atoms with Gasteiger partial charge >= 0.3 is 0 Å². The molecule has 0 saturated carbocycles. The summed E-state index contributed by atoms with van der Waals surface area (Å²) < 4.78 is 0. The van der Waals surface area contributed by atoms with E-state index in [4.69, 9.17) is 5.73 Å². The highest BCUT2D eigenvalue weighted by molar-refractivity contribution is 5.98. The molecule has 1 aliphatic heterocycles. The molecule has 1 aromatic carbocycles. The van der Waals surface area contributed by atoms with E-state index in [1.165, 1.54) is 11.1 Å². The van der Waals surface area contributed by atoms with Crippen molar-refractivity contribution in [2.24, 2.45) is 11.7 Å². The topological polar surface area (TPSA) is 46.3 Å². The van der Waals surface area contributed by atoms with Crippen LogP contribution in [0.25, 0.3) is 0 Å². The maximum absolute atomic E-state index is 12.3. The van der Waals surface area contributed by atoms with Gasteiger partial charge in [-0.05, 0) is 51.4 Å². The molecule has 0 bridgehead atoms. The SMILES string of the molecule is Cc1cccc(N2C(=O)CC(CN)C2(C)C)c1C. The molecule has 0 spiro atoms. The van der Waals surface area contributed by atoms with Crippen LogP contribution >= 0.6 is 0 Å². The summed E-state index contributed by atoms with van der Waals surface area (Å²) in [4.78, 5) is 14.2. The fraction of sp³-hybridized carbons (Fsp3) is 0.533. The molecule has 1 aliphatic rings. The largest absolute Gasteiger partial charge is 0.330 e. The number of aryl methyl sites for hydroxylation is 1. The van der Waals surface area contributed by atoms with Gasteiger partial charge in [-0.1, -0.05) is 12.1 Å². The lowest BCUT2D eigenvalue weighted by atomic mass is 9.88. The predicted molar refractivity (Wildman–Crippen MR) is 74.6 cm³/mol. The third-order valence-corrected chi connectivity index (χ3v) is 4.35. The van der Waals surface area contributed by atoms with Crippen molar-refractivity contribution in [3.63, 3.8) is 0 Å². The molecule has 2 N–H and O–H groups in total. The highest BCUT2D eigenvalue weighted by atomic mass is 16.2. The van der Waals surface area contributed by atoms with Gasteiger partial charge in [-0.25, -0.2) is 0 Å². The maximum atomic E-state index is 12.3. The van der Waals surface area contributed by atoms with Crippen LogP contribution in [-0.2, 0) is 4.79 Å². The summed E-state index contributed by atoms with van der Waals surface area (Å²) in [5.41, 5.74) is 9.02. The highest BCUT2D eigenvalue weighted by Gasteiger charge is 2.46. The van der Waals surface area contributed by atoms with Gasteiger partial charge in [0.2, 0.25) is 5.91 Å². The summed E-state index contributed by atoms with van der Waals surface area (Å²) in [5.74, 6) is 0.411. The molecule has 1 atom stereocenters. The number of carbonyl (C=O) groups is 1. The van der Waals surface area contributed by atoms with Gasteiger partial charge in [0.05, 0.1) is 0 Å². The number of hydrogen-bond donors (Lipinski definition) is 1. The third kappa shape index (κ3) is 1.83. The summed E-state index contributed by atoms with van der Waals surface area (Å²) >= 11 is 0. The van der Waals surface area contributed by atoms with Crippen molar-refractivity contribution in [1.82, 2.24) is 0 Å². The summed E-state index contributed by atoms with van der Waals surface area (Å²) in [6.45, 7) is 8.92. The second-order valence-corrected chi connectivity index (χ2v) is 5.74. The van der Waals surface area contributed by atoms with Crippen LogP contribution in [0.15, 0.2) is 18.2 Å². The number of nitrogens with two attached hydrogens (primary N) is 1. The lowest BCUT2D eigenvalue weighted by Gasteiger charge is -2.36. The Labute approximate surface area is 109 Å². The maximum Gasteiger partial charge on any atom is 0.227 e. The number of benzene rings is 1. The van der Waals surface area contributed by atoms with Gasteiger partial charge in [-0.15, -0.1) is 0 Å². The first-order valence-corrected chi connectivity index (χ1v) is 6.49. The first-order valence-electron chi connectivity index (χ1n) is 6.49. The average Bonchev–Trinajstić information content (AvgIpc) is 2.53. The van der Waals surface area contributed by atoms with Crippen molar-refractivity contribution in [2.75, 3.05) is 11.4 Å². The van der Waals surface area contributed by atoms with E-state index in [-0.39, 0.29) is 17.4 Å². The molecule has 0 aromatic heterocycles. The van der Waals surface area contributed by atoms with Crippen LogP contribution in [0.4, 0.5) is 5.69 Å². The van der Waals surface area contributed by atoms with E-state index >= 15 is 0 Å². The van der Waals surface area contributed by atoms with Crippen molar-refractivity contribution in [3.8, 4) is 0 Å². The predicted octanol–water partition coefficient (Wildman–Crippen LogP) is 2.39. The monoisotopic (exact) mass is 246 g/mol. The quantitative estimate of drug-likeness (QED) is 0.871. The molecule has 3 heteroatoms. The van der Waals surface area contributed by atoms with Crippen LogP contribution < -0.4 is 10.6 Å². The van der Waals surface area contributed by atoms with E-state index in [9.17, 15) is 4.79 Å². The first-order chi connectivity index (χ1) is 8.39. The van der Waals surface area contributed by atoms with Crippen molar-refractivity contribution in [2.45, 2.75) is 39.7 Å². The van der Waals surface area contributed by atoms with Gasteiger partial charge < -0.3 is 10.6 Å². The number of hydrogen-bond acceptors (Lipinski definition) is 2. The molecule has 0 radical (unpaired) electrons. The van der Waals surface area contributed by atoms with Gasteiger partial charge in [-0.2, -0.15) is 0 Å². The zero-order valence-electron chi connectivity index (χ0n) is 11.7. The molecule has 1 saturated heterocycles. The minimum atomic E-state index is -0.204. The third-order valence-electron chi connectivity index (χ3n) is 4.35. The summed E-state index contributed by atoms with van der Waals surface area (Å²) in [6, 6.07) is 6.12. The zero-order valence-corrected chi connectivity index (χ0v) is 11.7. The zero-order chi connectivity index (χ0) is 13.5. The molecule has 1 amide bonds. The van der Waals surface area contributed by atoms with Gasteiger partial charge in [0, 0.05) is 23.6 Å². The molecule has 1 unspecified atom stereocenters. The first kappa shape index (κ1) is 13.1. The number of nitrogens with zero attached hydrogens (tertiary/aromatic N) is 1. The molecule has 1 aromatic rings. The number of anilines is 1. The molecule has 0 aliphatic carbocycles. The summed E-state index contributed by atoms with van der Waals surface area (Å²) in [7, 11) is 0. The van der Waals surface area contributed by atoms with Crippen molar-refractivity contribution >= 4 is 11.6 Å². The second-order valence-electron chi connectivity index (χ2n) is 5.74. The van der Waals surface area contributed by atoms with E-state index in [2.05, 4.69) is 33.8 Å². The number of rotatable bonds is 2. The van der Waals surface area contributed by atoms with E-state index in [1.807, 2.05) is 17.0 Å². The van der Waals surface area contributed by atoms with Crippen molar-refractivity contribution in [1.29, 1.82) is 0 Å². The Morgan fingerprint density at radius 2 is 2.06 bits per heavy atom. The molecule has 1 heterocycles. The van der Waals surface area contributed by atoms with E-state index in [1.54, 1.807) is 0 Å². The lowest BCUT2D eigenvalue weighted by Crippen LogP contribution is -2.46. The van der Waals surface area contributed by atoms with Crippen molar-refractivity contribution in [3.05, 3.63) is 29.3 Å². The minimum absolute atomic E-state index is 0.184. The minimum Gasteiger partial charge on any atom is -0.330 e. The Bertz CT molecular complexity index is 479. The van der Waals surface area contributed by atoms with Gasteiger partial charge in [0.25, 0.3) is 0 Å². The van der Waals surface area contributed by atoms with Crippen LogP contribution in [0.3, 0.4) is 0 Å². The molecule has 3 nitrogen and oxygen atoms in total. The number of amides is 1. The Hall–Kier alpha value is -1.35. The van der Waals surface area contributed by atoms with Gasteiger partial charge in [-0.3, -0.25) is 4.79 Å². The van der Waals surface area contributed by atoms with Crippen LogP contribution in [0.1, 0.15) is 31.4 Å². The fourth-order valence-corrected chi connectivity index (χ4v) is 2.85. The van der Waals surface area contributed by atoms with Gasteiger partial charge in [0.1, 0.15) is 0 Å². The number of carbonyl (C=O) groups excluding carboxylic acids is 1. The second kappa shape index (κ2) is 4.39. The summed E-state index contributed by atoms with van der Waals surface area (Å²) in [6.07, 6.45) is 0.552. The standard InChI is InChI=1S/C15H22N2O/c1-10-6-5-7-13(11(10)2)17-14(18)8-12(9-16)15(17,3)4/h5-7,12H,8-9,16H2,1-4H3. The normalized spacial score (nSPS) is 22.6. The lowest BCUT2D eigenvalue weighted by molar-refractivity contribution is -0.117. The fourth-order valence-electron chi connectivity index (χ4n) is 2.85. The molecule has 18 heavy (non-hydrogen) atoms. The molecule has 2 rings (SSSR count).